The smallest absolute Gasteiger partial charge is 0.256 e. The van der Waals surface area contributed by atoms with E-state index in [0.29, 0.717) is 40.1 Å². The van der Waals surface area contributed by atoms with Crippen LogP contribution in [-0.2, 0) is 9.53 Å². The monoisotopic (exact) mass is 408 g/mol. The lowest BCUT2D eigenvalue weighted by Crippen LogP contribution is -2.28. The highest BCUT2D eigenvalue weighted by Gasteiger charge is 2.15. The maximum atomic E-state index is 12.7. The van der Waals surface area contributed by atoms with Gasteiger partial charge in [-0.25, -0.2) is 0 Å². The summed E-state index contributed by atoms with van der Waals surface area (Å²) in [4.78, 5) is 25.3. The van der Waals surface area contributed by atoms with Crippen molar-refractivity contribution in [2.24, 2.45) is 0 Å². The topological polar surface area (TPSA) is 76.7 Å². The molecule has 2 amide bonds. The second-order valence-electron chi connectivity index (χ2n) is 5.43. The molecule has 0 fully saturated rings. The molecule has 0 heterocycles. The van der Waals surface area contributed by atoms with Crippen LogP contribution in [0.1, 0.15) is 10.4 Å². The Bertz CT molecular complexity index is 801. The van der Waals surface area contributed by atoms with Crippen LogP contribution in [0, 0.1) is 0 Å². The van der Waals surface area contributed by atoms with Gasteiger partial charge in [-0.05, 0) is 30.3 Å². The molecular weight excluding hydrogens is 388 g/mol. The van der Waals surface area contributed by atoms with Crippen molar-refractivity contribution < 1.29 is 19.1 Å². The van der Waals surface area contributed by atoms with Gasteiger partial charge >= 0.3 is 0 Å². The number of amides is 2. The molecule has 2 aromatic carbocycles. The minimum absolute atomic E-state index is 0.122. The lowest BCUT2D eigenvalue weighted by molar-refractivity contribution is -0.118. The SMILES string of the molecule is COCCNC(=O)CSc1ccccc1C(=O)Nc1cc(Cl)ccc1OC. The average Bonchev–Trinajstić information content (AvgIpc) is 2.67. The normalized spacial score (nSPS) is 10.3. The third-order valence-electron chi connectivity index (χ3n) is 3.53. The Morgan fingerprint density at radius 1 is 1.15 bits per heavy atom. The summed E-state index contributed by atoms with van der Waals surface area (Å²) in [6.07, 6.45) is 0. The Labute approximate surface area is 167 Å². The van der Waals surface area contributed by atoms with E-state index in [4.69, 9.17) is 21.1 Å². The number of carbonyl (C=O) groups is 2. The number of thioether (sulfide) groups is 1. The predicted molar refractivity (Wildman–Crippen MR) is 108 cm³/mol. The Kier molecular flexibility index (Phi) is 8.44. The highest BCUT2D eigenvalue weighted by atomic mass is 35.5. The zero-order chi connectivity index (χ0) is 19.6. The van der Waals surface area contributed by atoms with Crippen molar-refractivity contribution in [3.63, 3.8) is 0 Å². The van der Waals surface area contributed by atoms with Crippen molar-refractivity contribution in [2.75, 3.05) is 38.4 Å². The van der Waals surface area contributed by atoms with Crippen molar-refractivity contribution in [3.05, 3.63) is 53.1 Å². The molecule has 0 aliphatic heterocycles. The number of methoxy groups -OCH3 is 2. The van der Waals surface area contributed by atoms with Crippen LogP contribution >= 0.6 is 23.4 Å². The van der Waals surface area contributed by atoms with Gasteiger partial charge in [-0.3, -0.25) is 9.59 Å². The van der Waals surface area contributed by atoms with Crippen LogP contribution in [0.4, 0.5) is 5.69 Å². The summed E-state index contributed by atoms with van der Waals surface area (Å²) in [6.45, 7) is 0.906. The Morgan fingerprint density at radius 2 is 1.93 bits per heavy atom. The van der Waals surface area contributed by atoms with Crippen LogP contribution in [0.3, 0.4) is 0 Å². The van der Waals surface area contributed by atoms with Crippen LogP contribution in [0.2, 0.25) is 5.02 Å². The number of ether oxygens (including phenoxy) is 2. The number of rotatable bonds is 9. The van der Waals surface area contributed by atoms with Crippen molar-refractivity contribution in [1.82, 2.24) is 5.32 Å². The first-order valence-electron chi connectivity index (χ1n) is 8.17. The molecule has 0 aliphatic rings. The van der Waals surface area contributed by atoms with Crippen molar-refractivity contribution in [1.29, 1.82) is 0 Å². The molecule has 0 saturated carbocycles. The van der Waals surface area contributed by atoms with E-state index in [-0.39, 0.29) is 17.6 Å². The third-order valence-corrected chi connectivity index (χ3v) is 4.84. The van der Waals surface area contributed by atoms with Crippen LogP contribution in [0.15, 0.2) is 47.4 Å². The Hall–Kier alpha value is -2.22. The third kappa shape index (κ3) is 6.46. The van der Waals surface area contributed by atoms with E-state index >= 15 is 0 Å². The predicted octanol–water partition coefficient (Wildman–Crippen LogP) is 3.46. The molecule has 0 atom stereocenters. The highest BCUT2D eigenvalue weighted by Crippen LogP contribution is 2.29. The molecule has 27 heavy (non-hydrogen) atoms. The molecule has 0 aromatic heterocycles. The molecule has 6 nitrogen and oxygen atoms in total. The van der Waals surface area contributed by atoms with E-state index in [2.05, 4.69) is 10.6 Å². The second kappa shape index (κ2) is 10.8. The number of anilines is 1. The minimum Gasteiger partial charge on any atom is -0.495 e. The van der Waals surface area contributed by atoms with Gasteiger partial charge in [0.2, 0.25) is 5.91 Å². The molecule has 2 aromatic rings. The number of halogens is 1. The van der Waals surface area contributed by atoms with E-state index in [1.165, 1.54) is 18.9 Å². The van der Waals surface area contributed by atoms with Gasteiger partial charge in [-0.1, -0.05) is 23.7 Å². The maximum Gasteiger partial charge on any atom is 0.256 e. The zero-order valence-corrected chi connectivity index (χ0v) is 16.7. The summed E-state index contributed by atoms with van der Waals surface area (Å²) in [5.41, 5.74) is 0.946. The van der Waals surface area contributed by atoms with Crippen LogP contribution < -0.4 is 15.4 Å². The number of nitrogens with one attached hydrogen (secondary N) is 2. The molecule has 144 valence electrons. The first-order chi connectivity index (χ1) is 13.0. The summed E-state index contributed by atoms with van der Waals surface area (Å²) < 4.78 is 10.1. The Balaban J connectivity index is 2.07. The first kappa shape index (κ1) is 21.1. The quantitative estimate of drug-likeness (QED) is 0.491. The minimum atomic E-state index is -0.307. The maximum absolute atomic E-state index is 12.7. The van der Waals surface area contributed by atoms with Gasteiger partial charge in [0, 0.05) is 23.6 Å². The summed E-state index contributed by atoms with van der Waals surface area (Å²) >= 11 is 7.30. The fraction of sp³-hybridized carbons (Fsp3) is 0.263. The van der Waals surface area contributed by atoms with Crippen LogP contribution in [-0.4, -0.2) is 44.9 Å². The lowest BCUT2D eigenvalue weighted by Gasteiger charge is -2.13. The van der Waals surface area contributed by atoms with E-state index < -0.39 is 0 Å². The highest BCUT2D eigenvalue weighted by molar-refractivity contribution is 8.00. The van der Waals surface area contributed by atoms with Gasteiger partial charge < -0.3 is 20.1 Å². The van der Waals surface area contributed by atoms with Gasteiger partial charge in [0.1, 0.15) is 5.75 Å². The van der Waals surface area contributed by atoms with Crippen molar-refractivity contribution in [3.8, 4) is 5.75 Å². The second-order valence-corrected chi connectivity index (χ2v) is 6.88. The molecule has 0 radical (unpaired) electrons. The first-order valence-corrected chi connectivity index (χ1v) is 9.54. The van der Waals surface area contributed by atoms with Crippen LogP contribution in [0.5, 0.6) is 5.75 Å². The fourth-order valence-electron chi connectivity index (χ4n) is 2.23. The lowest BCUT2D eigenvalue weighted by atomic mass is 10.2. The van der Waals surface area contributed by atoms with Gasteiger partial charge in [0.05, 0.1) is 30.7 Å². The van der Waals surface area contributed by atoms with Gasteiger partial charge in [0.15, 0.2) is 0 Å². The number of hydrogen-bond donors (Lipinski definition) is 2. The molecule has 0 aliphatic carbocycles. The largest absolute Gasteiger partial charge is 0.495 e. The summed E-state index contributed by atoms with van der Waals surface area (Å²) in [5, 5.41) is 6.04. The standard InChI is InChI=1S/C19H21ClN2O4S/c1-25-10-9-21-18(23)12-27-17-6-4-3-5-14(17)19(24)22-15-11-13(20)7-8-16(15)26-2/h3-8,11H,9-10,12H2,1-2H3,(H,21,23)(H,22,24). The van der Waals surface area contributed by atoms with E-state index in [1.54, 1.807) is 43.5 Å². The van der Waals surface area contributed by atoms with E-state index in [1.807, 2.05) is 6.07 Å². The molecule has 0 bridgehead atoms. The average molecular weight is 409 g/mol. The molecular formula is C19H21ClN2O4S. The molecule has 2 N–H and O–H groups in total. The zero-order valence-electron chi connectivity index (χ0n) is 15.1. The number of hydrogen-bond acceptors (Lipinski definition) is 5. The van der Waals surface area contributed by atoms with Crippen molar-refractivity contribution in [2.45, 2.75) is 4.90 Å². The van der Waals surface area contributed by atoms with Gasteiger partial charge in [-0.15, -0.1) is 11.8 Å². The fourth-order valence-corrected chi connectivity index (χ4v) is 3.29. The number of benzene rings is 2. The Morgan fingerprint density at radius 3 is 2.67 bits per heavy atom. The molecule has 8 heteroatoms. The molecule has 2 rings (SSSR count). The molecule has 0 unspecified atom stereocenters. The summed E-state index contributed by atoms with van der Waals surface area (Å²) in [7, 11) is 3.09. The van der Waals surface area contributed by atoms with Gasteiger partial charge in [0.25, 0.3) is 5.91 Å². The molecule has 0 saturated heterocycles. The van der Waals surface area contributed by atoms with Crippen LogP contribution in [0.25, 0.3) is 0 Å². The number of carbonyl (C=O) groups excluding carboxylic acids is 2. The van der Waals surface area contributed by atoms with E-state index in [9.17, 15) is 9.59 Å². The van der Waals surface area contributed by atoms with Gasteiger partial charge in [-0.2, -0.15) is 0 Å². The molecule has 0 spiro atoms. The van der Waals surface area contributed by atoms with E-state index in [0.717, 1.165) is 0 Å². The van der Waals surface area contributed by atoms with Crippen molar-refractivity contribution >= 4 is 40.9 Å². The summed E-state index contributed by atoms with van der Waals surface area (Å²) in [6, 6.07) is 12.1. The summed E-state index contributed by atoms with van der Waals surface area (Å²) in [5.74, 6) is 0.284.